The Kier molecular flexibility index (Phi) is 4.75. The molecule has 0 spiro atoms. The second-order valence-corrected chi connectivity index (χ2v) is 5.88. The molecule has 0 amide bonds. The first-order valence-electron chi connectivity index (χ1n) is 6.46. The number of nitrogens with one attached hydrogen (secondary N) is 1. The highest BCUT2D eigenvalue weighted by Crippen LogP contribution is 2.29. The molecular formula is C14H21NOS. The molecule has 1 aliphatic carbocycles. The zero-order chi connectivity index (χ0) is 12.1. The Morgan fingerprint density at radius 2 is 1.94 bits per heavy atom. The van der Waals surface area contributed by atoms with Crippen LogP contribution in [-0.2, 0) is 0 Å². The highest BCUT2D eigenvalue weighted by atomic mass is 32.2. The van der Waals surface area contributed by atoms with Crippen LogP contribution >= 0.6 is 11.8 Å². The van der Waals surface area contributed by atoms with Gasteiger partial charge in [-0.2, -0.15) is 0 Å². The smallest absolute Gasteiger partial charge is 0.0541 e. The topological polar surface area (TPSA) is 32.3 Å². The van der Waals surface area contributed by atoms with E-state index in [1.807, 2.05) is 11.8 Å². The Morgan fingerprint density at radius 1 is 1.24 bits per heavy atom. The molecule has 1 saturated carbocycles. The molecule has 0 bridgehead atoms. The summed E-state index contributed by atoms with van der Waals surface area (Å²) in [6.07, 6.45) is 3.94. The molecule has 2 rings (SSSR count). The van der Waals surface area contributed by atoms with Gasteiger partial charge in [0.05, 0.1) is 6.10 Å². The van der Waals surface area contributed by atoms with Crippen LogP contribution in [0.2, 0.25) is 0 Å². The van der Waals surface area contributed by atoms with Crippen LogP contribution in [0.5, 0.6) is 0 Å². The van der Waals surface area contributed by atoms with Gasteiger partial charge in [0.25, 0.3) is 0 Å². The van der Waals surface area contributed by atoms with Crippen molar-refractivity contribution in [3.05, 3.63) is 24.3 Å². The SMILES string of the molecule is CCSc1ccccc1NC1CCC(O)CC1. The van der Waals surface area contributed by atoms with E-state index in [1.165, 1.54) is 10.6 Å². The fourth-order valence-corrected chi connectivity index (χ4v) is 3.08. The molecule has 0 aliphatic heterocycles. The van der Waals surface area contributed by atoms with Crippen molar-refractivity contribution in [3.8, 4) is 0 Å². The Bertz CT molecular complexity index is 348. The zero-order valence-corrected chi connectivity index (χ0v) is 11.2. The Balaban J connectivity index is 1.98. The van der Waals surface area contributed by atoms with Crippen molar-refractivity contribution in [3.63, 3.8) is 0 Å². The third-order valence-corrected chi connectivity index (χ3v) is 4.20. The van der Waals surface area contributed by atoms with Gasteiger partial charge >= 0.3 is 0 Å². The summed E-state index contributed by atoms with van der Waals surface area (Å²) >= 11 is 1.88. The Morgan fingerprint density at radius 3 is 2.65 bits per heavy atom. The molecule has 1 aromatic rings. The first-order valence-corrected chi connectivity index (χ1v) is 7.44. The number of thioether (sulfide) groups is 1. The van der Waals surface area contributed by atoms with Crippen LogP contribution in [-0.4, -0.2) is 23.0 Å². The summed E-state index contributed by atoms with van der Waals surface area (Å²) in [6.45, 7) is 2.18. The summed E-state index contributed by atoms with van der Waals surface area (Å²) in [4.78, 5) is 1.33. The van der Waals surface area contributed by atoms with Gasteiger partial charge in [-0.3, -0.25) is 0 Å². The molecule has 17 heavy (non-hydrogen) atoms. The number of aliphatic hydroxyl groups excluding tert-OH is 1. The van der Waals surface area contributed by atoms with E-state index in [2.05, 4.69) is 36.5 Å². The molecule has 0 unspecified atom stereocenters. The number of rotatable bonds is 4. The summed E-state index contributed by atoms with van der Waals surface area (Å²) in [5.41, 5.74) is 1.25. The molecule has 0 aromatic heterocycles. The largest absolute Gasteiger partial charge is 0.393 e. The van der Waals surface area contributed by atoms with Crippen molar-refractivity contribution in [2.45, 2.75) is 49.6 Å². The minimum atomic E-state index is -0.0756. The summed E-state index contributed by atoms with van der Waals surface area (Å²) in [5.74, 6) is 1.10. The first-order chi connectivity index (χ1) is 8.29. The summed E-state index contributed by atoms with van der Waals surface area (Å²) in [7, 11) is 0. The number of anilines is 1. The minimum absolute atomic E-state index is 0.0756. The number of hydrogen-bond donors (Lipinski definition) is 2. The van der Waals surface area contributed by atoms with Crippen LogP contribution in [0.25, 0.3) is 0 Å². The normalized spacial score (nSPS) is 24.6. The quantitative estimate of drug-likeness (QED) is 0.803. The average molecular weight is 251 g/mol. The van der Waals surface area contributed by atoms with E-state index in [0.29, 0.717) is 6.04 Å². The van der Waals surface area contributed by atoms with Gasteiger partial charge in [-0.25, -0.2) is 0 Å². The molecule has 94 valence electrons. The summed E-state index contributed by atoms with van der Waals surface area (Å²) in [5, 5.41) is 13.1. The Labute approximate surface area is 108 Å². The number of hydrogen-bond acceptors (Lipinski definition) is 3. The van der Waals surface area contributed by atoms with Crippen LogP contribution in [0.1, 0.15) is 32.6 Å². The van der Waals surface area contributed by atoms with E-state index >= 15 is 0 Å². The zero-order valence-electron chi connectivity index (χ0n) is 10.4. The maximum atomic E-state index is 9.50. The van der Waals surface area contributed by atoms with Crippen molar-refractivity contribution in [1.82, 2.24) is 0 Å². The lowest BCUT2D eigenvalue weighted by Gasteiger charge is -2.27. The number of aliphatic hydroxyl groups is 1. The van der Waals surface area contributed by atoms with E-state index in [-0.39, 0.29) is 6.10 Å². The van der Waals surface area contributed by atoms with E-state index in [9.17, 15) is 5.11 Å². The standard InChI is InChI=1S/C14H21NOS/c1-2-17-14-6-4-3-5-13(14)15-11-7-9-12(16)10-8-11/h3-6,11-12,15-16H,2,7-10H2,1H3. The molecule has 3 heteroatoms. The Hall–Kier alpha value is -0.670. The molecule has 1 fully saturated rings. The lowest BCUT2D eigenvalue weighted by Crippen LogP contribution is -2.28. The molecule has 0 saturated heterocycles. The summed E-state index contributed by atoms with van der Waals surface area (Å²) < 4.78 is 0. The third-order valence-electron chi connectivity index (χ3n) is 3.24. The predicted molar refractivity (Wildman–Crippen MR) is 74.7 cm³/mol. The van der Waals surface area contributed by atoms with Crippen LogP contribution in [0.3, 0.4) is 0 Å². The van der Waals surface area contributed by atoms with Gasteiger partial charge in [-0.1, -0.05) is 19.1 Å². The third kappa shape index (κ3) is 3.65. The van der Waals surface area contributed by atoms with Crippen molar-refractivity contribution in [2.75, 3.05) is 11.1 Å². The van der Waals surface area contributed by atoms with Crippen molar-refractivity contribution in [1.29, 1.82) is 0 Å². The molecule has 0 atom stereocenters. The second kappa shape index (κ2) is 6.31. The lowest BCUT2D eigenvalue weighted by molar-refractivity contribution is 0.126. The monoisotopic (exact) mass is 251 g/mol. The summed E-state index contributed by atoms with van der Waals surface area (Å²) in [6, 6.07) is 9.03. The second-order valence-electron chi connectivity index (χ2n) is 4.58. The van der Waals surface area contributed by atoms with Crippen LogP contribution in [0.15, 0.2) is 29.2 Å². The van der Waals surface area contributed by atoms with Gasteiger partial charge in [0.15, 0.2) is 0 Å². The molecule has 2 N–H and O–H groups in total. The maximum Gasteiger partial charge on any atom is 0.0541 e. The average Bonchev–Trinajstić information content (AvgIpc) is 2.35. The van der Waals surface area contributed by atoms with Gasteiger partial charge in [0.2, 0.25) is 0 Å². The van der Waals surface area contributed by atoms with E-state index in [1.54, 1.807) is 0 Å². The molecule has 0 radical (unpaired) electrons. The molecule has 1 aromatic carbocycles. The van der Waals surface area contributed by atoms with Crippen molar-refractivity contribution in [2.24, 2.45) is 0 Å². The molecular weight excluding hydrogens is 230 g/mol. The van der Waals surface area contributed by atoms with Crippen LogP contribution in [0.4, 0.5) is 5.69 Å². The highest BCUT2D eigenvalue weighted by Gasteiger charge is 2.19. The van der Waals surface area contributed by atoms with Gasteiger partial charge in [0, 0.05) is 16.6 Å². The number of para-hydroxylation sites is 1. The minimum Gasteiger partial charge on any atom is -0.393 e. The molecule has 2 nitrogen and oxygen atoms in total. The van der Waals surface area contributed by atoms with Gasteiger partial charge in [0.1, 0.15) is 0 Å². The van der Waals surface area contributed by atoms with E-state index in [4.69, 9.17) is 0 Å². The predicted octanol–water partition coefficient (Wildman–Crippen LogP) is 3.51. The number of benzene rings is 1. The van der Waals surface area contributed by atoms with E-state index in [0.717, 1.165) is 31.4 Å². The van der Waals surface area contributed by atoms with Gasteiger partial charge < -0.3 is 10.4 Å². The lowest BCUT2D eigenvalue weighted by atomic mass is 9.93. The van der Waals surface area contributed by atoms with Crippen molar-refractivity contribution >= 4 is 17.4 Å². The molecule has 1 aliphatic rings. The molecule has 0 heterocycles. The highest BCUT2D eigenvalue weighted by molar-refractivity contribution is 7.99. The van der Waals surface area contributed by atoms with Gasteiger partial charge in [-0.15, -0.1) is 11.8 Å². The van der Waals surface area contributed by atoms with Crippen molar-refractivity contribution < 1.29 is 5.11 Å². The first kappa shape index (κ1) is 12.8. The van der Waals surface area contributed by atoms with Crippen LogP contribution in [0, 0.1) is 0 Å². The fraction of sp³-hybridized carbons (Fsp3) is 0.571. The van der Waals surface area contributed by atoms with E-state index < -0.39 is 0 Å². The van der Waals surface area contributed by atoms with Crippen LogP contribution < -0.4 is 5.32 Å². The fourth-order valence-electron chi connectivity index (χ4n) is 2.31. The maximum absolute atomic E-state index is 9.50. The van der Waals surface area contributed by atoms with Gasteiger partial charge in [-0.05, 0) is 43.6 Å².